The van der Waals surface area contributed by atoms with Crippen molar-refractivity contribution >= 4 is 29.3 Å². The average Bonchev–Trinajstić information content (AvgIpc) is 2.91. The molecule has 1 aromatic heterocycles. The van der Waals surface area contributed by atoms with E-state index in [4.69, 9.17) is 9.47 Å². The predicted molar refractivity (Wildman–Crippen MR) is 133 cm³/mol. The van der Waals surface area contributed by atoms with Gasteiger partial charge in [-0.15, -0.1) is 0 Å². The van der Waals surface area contributed by atoms with Crippen molar-refractivity contribution in [3.63, 3.8) is 0 Å². The predicted octanol–water partition coefficient (Wildman–Crippen LogP) is 2.99. The molecule has 9 nitrogen and oxygen atoms in total. The number of methoxy groups -OCH3 is 2. The van der Waals surface area contributed by atoms with Gasteiger partial charge in [-0.2, -0.15) is 0 Å². The number of ketones is 1. The van der Waals surface area contributed by atoms with Gasteiger partial charge in [-0.05, 0) is 31.2 Å². The van der Waals surface area contributed by atoms with Crippen molar-refractivity contribution in [1.82, 2.24) is 15.3 Å². The van der Waals surface area contributed by atoms with Crippen LogP contribution in [0.2, 0.25) is 0 Å². The molecular weight excluding hydrogens is 468 g/mol. The van der Waals surface area contributed by atoms with Gasteiger partial charge in [0.25, 0.3) is 0 Å². The molecular formula is C25H32N4O5S. The molecule has 0 radical (unpaired) electrons. The number of amides is 1. The van der Waals surface area contributed by atoms with Crippen molar-refractivity contribution in [2.75, 3.05) is 32.0 Å². The lowest BCUT2D eigenvalue weighted by Crippen LogP contribution is -2.63. The van der Waals surface area contributed by atoms with Crippen molar-refractivity contribution in [1.29, 1.82) is 0 Å². The first-order valence-electron chi connectivity index (χ1n) is 11.8. The van der Waals surface area contributed by atoms with Crippen LogP contribution in [0.25, 0.3) is 0 Å². The molecule has 10 heteroatoms. The van der Waals surface area contributed by atoms with Crippen LogP contribution in [0.5, 0.6) is 11.5 Å². The van der Waals surface area contributed by atoms with Crippen LogP contribution in [0.4, 0.5) is 5.82 Å². The molecule has 1 aliphatic heterocycles. The lowest BCUT2D eigenvalue weighted by molar-refractivity contribution is -0.123. The number of anilines is 1. The third-order valence-electron chi connectivity index (χ3n) is 6.99. The number of fused-ring (bicyclic) bond motifs is 1. The first kappa shape index (κ1) is 25.2. The molecule has 188 valence electrons. The van der Waals surface area contributed by atoms with Crippen LogP contribution in [-0.4, -0.2) is 65.4 Å². The van der Waals surface area contributed by atoms with Gasteiger partial charge in [0.15, 0.2) is 10.9 Å². The minimum absolute atomic E-state index is 0.00229. The van der Waals surface area contributed by atoms with Gasteiger partial charge in [-0.1, -0.05) is 31.0 Å². The second-order valence-electron chi connectivity index (χ2n) is 8.95. The maximum absolute atomic E-state index is 13.6. The molecule has 1 saturated carbocycles. The van der Waals surface area contributed by atoms with Crippen molar-refractivity contribution in [3.8, 4) is 11.5 Å². The van der Waals surface area contributed by atoms with Crippen molar-refractivity contribution in [3.05, 3.63) is 35.5 Å². The van der Waals surface area contributed by atoms with E-state index in [9.17, 15) is 14.7 Å². The van der Waals surface area contributed by atoms with Gasteiger partial charge >= 0.3 is 0 Å². The number of carbonyl (C=O) groups is 2. The number of aliphatic hydroxyl groups excluding tert-OH is 1. The molecule has 1 fully saturated rings. The lowest BCUT2D eigenvalue weighted by atomic mass is 9.78. The Bertz CT molecular complexity index is 1090. The summed E-state index contributed by atoms with van der Waals surface area (Å²) in [5.41, 5.74) is 0.539. The third kappa shape index (κ3) is 4.95. The number of hydrogen-bond acceptors (Lipinski definition) is 9. The summed E-state index contributed by atoms with van der Waals surface area (Å²) in [6, 6.07) is 4.62. The first-order chi connectivity index (χ1) is 17.0. The number of rotatable bonds is 8. The van der Waals surface area contributed by atoms with Crippen LogP contribution >= 0.6 is 11.8 Å². The maximum Gasteiger partial charge on any atom is 0.243 e. The largest absolute Gasteiger partial charge is 0.497 e. The Hall–Kier alpha value is -2.85. The van der Waals surface area contributed by atoms with E-state index in [2.05, 4.69) is 15.3 Å². The van der Waals surface area contributed by atoms with E-state index in [0.29, 0.717) is 28.0 Å². The number of nitrogens with zero attached hydrogens (tertiary/aromatic N) is 3. The zero-order chi connectivity index (χ0) is 25.0. The van der Waals surface area contributed by atoms with Gasteiger partial charge in [0.2, 0.25) is 5.91 Å². The topological polar surface area (TPSA) is 114 Å². The van der Waals surface area contributed by atoms with Gasteiger partial charge in [0, 0.05) is 30.8 Å². The van der Waals surface area contributed by atoms with E-state index in [1.807, 2.05) is 17.2 Å². The van der Waals surface area contributed by atoms with E-state index in [-0.39, 0.29) is 31.3 Å². The normalized spacial score (nSPS) is 19.1. The highest BCUT2D eigenvalue weighted by atomic mass is 32.2. The fourth-order valence-corrected chi connectivity index (χ4v) is 5.44. The highest BCUT2D eigenvalue weighted by Crippen LogP contribution is 2.42. The molecule has 1 atom stereocenters. The van der Waals surface area contributed by atoms with Gasteiger partial charge in [-0.25, -0.2) is 9.97 Å². The highest BCUT2D eigenvalue weighted by Gasteiger charge is 2.48. The van der Waals surface area contributed by atoms with Gasteiger partial charge in [0.1, 0.15) is 23.4 Å². The van der Waals surface area contributed by atoms with Crippen molar-refractivity contribution in [2.24, 2.45) is 0 Å². The minimum Gasteiger partial charge on any atom is -0.497 e. The Morgan fingerprint density at radius 2 is 2.03 bits per heavy atom. The number of Topliss-reactive ketones (excluding diaryl/α,β-unsaturated/α-hetero) is 1. The quantitative estimate of drug-likeness (QED) is 0.417. The minimum atomic E-state index is -0.783. The Morgan fingerprint density at radius 3 is 2.69 bits per heavy atom. The van der Waals surface area contributed by atoms with Crippen LogP contribution in [0.15, 0.2) is 29.6 Å². The Labute approximate surface area is 209 Å². The van der Waals surface area contributed by atoms with Crippen molar-refractivity contribution in [2.45, 2.75) is 61.8 Å². The number of aliphatic hydroxyl groups is 1. The molecule has 2 N–H and O–H groups in total. The summed E-state index contributed by atoms with van der Waals surface area (Å²) < 4.78 is 10.7. The summed E-state index contributed by atoms with van der Waals surface area (Å²) in [6.07, 6.45) is 7.84. The second-order valence-corrected chi connectivity index (χ2v) is 9.72. The summed E-state index contributed by atoms with van der Waals surface area (Å²) >= 11 is 1.37. The SMILES string of the molecule is COc1ccc(CNC(=O)C2CC(=O)c3cnc(SC)nc3N2C2(CO)CCCCC2)c(OC)c1. The zero-order valence-corrected chi connectivity index (χ0v) is 21.2. The first-order valence-corrected chi connectivity index (χ1v) is 13.0. The summed E-state index contributed by atoms with van der Waals surface area (Å²) in [7, 11) is 3.15. The van der Waals surface area contributed by atoms with Gasteiger partial charge in [0.05, 0.1) is 31.9 Å². The number of nitrogens with one attached hydrogen (secondary N) is 1. The number of aromatic nitrogens is 2. The molecule has 0 bridgehead atoms. The average molecular weight is 501 g/mol. The molecule has 1 aromatic carbocycles. The Balaban J connectivity index is 1.68. The summed E-state index contributed by atoms with van der Waals surface area (Å²) in [6.45, 7) is 0.110. The lowest BCUT2D eigenvalue weighted by Gasteiger charge is -2.51. The molecule has 2 aromatic rings. The number of ether oxygens (including phenoxy) is 2. The van der Waals surface area contributed by atoms with Gasteiger partial charge < -0.3 is 24.8 Å². The molecule has 2 heterocycles. The summed E-state index contributed by atoms with van der Waals surface area (Å²) in [5.74, 6) is 1.24. The highest BCUT2D eigenvalue weighted by molar-refractivity contribution is 7.98. The fourth-order valence-electron chi connectivity index (χ4n) is 5.11. The van der Waals surface area contributed by atoms with Crippen LogP contribution in [0.3, 0.4) is 0 Å². The molecule has 1 aliphatic carbocycles. The van der Waals surface area contributed by atoms with Crippen LogP contribution < -0.4 is 19.7 Å². The monoisotopic (exact) mass is 500 g/mol. The number of benzene rings is 1. The molecule has 0 saturated heterocycles. The Morgan fingerprint density at radius 1 is 1.26 bits per heavy atom. The van der Waals surface area contributed by atoms with Gasteiger partial charge in [-0.3, -0.25) is 9.59 Å². The second kappa shape index (κ2) is 10.8. The fraction of sp³-hybridized carbons (Fsp3) is 0.520. The number of thioether (sulfide) groups is 1. The Kier molecular flexibility index (Phi) is 7.81. The molecule has 1 unspecified atom stereocenters. The molecule has 4 rings (SSSR count). The maximum atomic E-state index is 13.6. The smallest absolute Gasteiger partial charge is 0.243 e. The van der Waals surface area contributed by atoms with Crippen LogP contribution in [-0.2, 0) is 11.3 Å². The summed E-state index contributed by atoms with van der Waals surface area (Å²) in [4.78, 5) is 37.6. The third-order valence-corrected chi connectivity index (χ3v) is 7.55. The molecule has 1 amide bonds. The van der Waals surface area contributed by atoms with E-state index < -0.39 is 11.6 Å². The van der Waals surface area contributed by atoms with Crippen LogP contribution in [0.1, 0.15) is 54.4 Å². The zero-order valence-electron chi connectivity index (χ0n) is 20.4. The standard InChI is InChI=1S/C25H32N4O5S/c1-33-17-8-7-16(21(11-17)34-2)13-26-23(32)19-12-20(31)18-14-27-24(35-3)28-22(18)29(19)25(15-30)9-5-4-6-10-25/h7-8,11,14,19,30H,4-6,9-10,12-13,15H2,1-3H3,(H,26,32). The van der Waals surface area contributed by atoms with E-state index >= 15 is 0 Å². The summed E-state index contributed by atoms with van der Waals surface area (Å²) in [5, 5.41) is 14.1. The van der Waals surface area contributed by atoms with E-state index in [0.717, 1.165) is 37.7 Å². The van der Waals surface area contributed by atoms with E-state index in [1.165, 1.54) is 11.8 Å². The van der Waals surface area contributed by atoms with Crippen molar-refractivity contribution < 1.29 is 24.2 Å². The molecule has 0 spiro atoms. The number of carbonyl (C=O) groups excluding carboxylic acids is 2. The molecule has 2 aliphatic rings. The molecule has 35 heavy (non-hydrogen) atoms. The van der Waals surface area contributed by atoms with Crippen LogP contribution in [0, 0.1) is 0 Å². The van der Waals surface area contributed by atoms with E-state index in [1.54, 1.807) is 32.5 Å². The number of hydrogen-bond donors (Lipinski definition) is 2.